The highest BCUT2D eigenvalue weighted by atomic mass is 79.9. The van der Waals surface area contributed by atoms with Crippen LogP contribution in [-0.2, 0) is 14.3 Å². The normalized spacial score (nSPS) is 18.2. The molecule has 0 spiro atoms. The Morgan fingerprint density at radius 3 is 2.55 bits per heavy atom. The molecular weight excluding hydrogens is 625 g/mol. The van der Waals surface area contributed by atoms with Gasteiger partial charge >= 0.3 is 5.97 Å². The average molecular weight is 663 g/mol. The maximum absolute atomic E-state index is 14.3. The van der Waals surface area contributed by atoms with E-state index in [4.69, 9.17) is 26.1 Å². The Balaban J connectivity index is 1.66. The molecule has 1 aromatic heterocycles. The van der Waals surface area contributed by atoms with Crippen LogP contribution in [0.5, 0.6) is 0 Å². The van der Waals surface area contributed by atoms with Gasteiger partial charge in [0.25, 0.3) is 5.91 Å². The summed E-state index contributed by atoms with van der Waals surface area (Å²) in [5, 5.41) is 4.14. The fourth-order valence-corrected chi connectivity index (χ4v) is 6.09. The van der Waals surface area contributed by atoms with Gasteiger partial charge in [0.15, 0.2) is 0 Å². The minimum absolute atomic E-state index is 0.0228. The molecule has 1 amide bonds. The Hall–Kier alpha value is -2.75. The topological polar surface area (TPSA) is 80.8 Å². The van der Waals surface area contributed by atoms with Gasteiger partial charge in [-0.15, -0.1) is 0 Å². The maximum atomic E-state index is 14.3. The number of pyridine rings is 1. The molecule has 1 fully saturated rings. The van der Waals surface area contributed by atoms with Crippen LogP contribution in [0.15, 0.2) is 40.9 Å². The summed E-state index contributed by atoms with van der Waals surface area (Å²) in [7, 11) is 0. The summed E-state index contributed by atoms with van der Waals surface area (Å²) in [5.41, 5.74) is 1.87. The molecule has 226 valence electrons. The van der Waals surface area contributed by atoms with Crippen molar-refractivity contribution in [3.8, 4) is 0 Å². The molecule has 1 unspecified atom stereocenters. The van der Waals surface area contributed by atoms with E-state index >= 15 is 0 Å². The predicted octanol–water partition coefficient (Wildman–Crippen LogP) is 7.35. The summed E-state index contributed by atoms with van der Waals surface area (Å²) >= 11 is 10.0. The number of morpholine rings is 1. The van der Waals surface area contributed by atoms with Crippen molar-refractivity contribution in [2.24, 2.45) is 0 Å². The minimum atomic E-state index is -0.626. The second-order valence-electron chi connectivity index (χ2n) is 12.0. The maximum Gasteiger partial charge on any atom is 0.306 e. The fraction of sp³-hybridized carbons (Fsp3) is 0.469. The third kappa shape index (κ3) is 7.99. The van der Waals surface area contributed by atoms with Gasteiger partial charge in [-0.1, -0.05) is 27.5 Å². The first-order valence-electron chi connectivity index (χ1n) is 14.2. The zero-order valence-electron chi connectivity index (χ0n) is 24.9. The molecular formula is C32H38BrClFN3O4. The van der Waals surface area contributed by atoms with E-state index in [-0.39, 0.29) is 37.0 Å². The first-order valence-corrected chi connectivity index (χ1v) is 15.3. The van der Waals surface area contributed by atoms with Crippen molar-refractivity contribution in [1.29, 1.82) is 0 Å². The Morgan fingerprint density at radius 2 is 1.88 bits per heavy atom. The van der Waals surface area contributed by atoms with Crippen LogP contribution in [0, 0.1) is 12.7 Å². The Kier molecular flexibility index (Phi) is 10.2. The molecule has 1 N–H and O–H groups in total. The monoisotopic (exact) mass is 661 g/mol. The van der Waals surface area contributed by atoms with Gasteiger partial charge < -0.3 is 19.7 Å². The molecule has 0 bridgehead atoms. The minimum Gasteiger partial charge on any atom is -0.460 e. The highest BCUT2D eigenvalue weighted by molar-refractivity contribution is 9.10. The highest BCUT2D eigenvalue weighted by Gasteiger charge is 2.28. The van der Waals surface area contributed by atoms with Crippen LogP contribution >= 0.6 is 27.5 Å². The van der Waals surface area contributed by atoms with Gasteiger partial charge in [-0.25, -0.2) is 9.37 Å². The molecule has 1 saturated heterocycles. The van der Waals surface area contributed by atoms with Gasteiger partial charge in [0.2, 0.25) is 0 Å². The Morgan fingerprint density at radius 1 is 1.19 bits per heavy atom. The van der Waals surface area contributed by atoms with Crippen molar-refractivity contribution >= 4 is 56.1 Å². The Bertz CT molecular complexity index is 1470. The third-order valence-corrected chi connectivity index (χ3v) is 7.97. The number of rotatable bonds is 8. The van der Waals surface area contributed by atoms with Crippen LogP contribution in [0.2, 0.25) is 5.02 Å². The summed E-state index contributed by atoms with van der Waals surface area (Å²) in [4.78, 5) is 33.6. The molecule has 0 radical (unpaired) electrons. The quantitative estimate of drug-likeness (QED) is 0.254. The summed E-state index contributed by atoms with van der Waals surface area (Å²) in [6.45, 7) is 12.8. The van der Waals surface area contributed by atoms with Crippen LogP contribution in [0.4, 0.5) is 10.2 Å². The van der Waals surface area contributed by atoms with Crippen molar-refractivity contribution < 1.29 is 23.5 Å². The summed E-state index contributed by atoms with van der Waals surface area (Å²) in [5.74, 6) is -0.784. The molecule has 1 aliphatic rings. The molecule has 2 aromatic carbocycles. The molecule has 4 rings (SSSR count). The summed E-state index contributed by atoms with van der Waals surface area (Å²) in [6.07, 6.45) is 0.449. The van der Waals surface area contributed by atoms with Gasteiger partial charge in [-0.3, -0.25) is 9.59 Å². The van der Waals surface area contributed by atoms with Crippen molar-refractivity contribution in [2.75, 3.05) is 24.5 Å². The van der Waals surface area contributed by atoms with Crippen molar-refractivity contribution in [2.45, 2.75) is 78.1 Å². The lowest BCUT2D eigenvalue weighted by atomic mass is 9.93. The van der Waals surface area contributed by atoms with Crippen LogP contribution in [-0.4, -0.2) is 54.3 Å². The van der Waals surface area contributed by atoms with Crippen molar-refractivity contribution in [1.82, 2.24) is 10.3 Å². The number of amides is 1. The Labute approximate surface area is 260 Å². The van der Waals surface area contributed by atoms with E-state index in [1.54, 1.807) is 20.8 Å². The van der Waals surface area contributed by atoms with Crippen LogP contribution < -0.4 is 10.2 Å². The molecule has 2 heterocycles. The number of benzene rings is 2. The first-order chi connectivity index (χ1) is 19.7. The standard InChI is InChI=1S/C32H38BrClFN3O4/c1-18-16-38(17-19(2)41-18)30-20(3)29(25-13-22(33)8-11-27(25)37-30)31(40)36-15-21(7-12-28(39)42-32(4,5)6)24-14-23(35)9-10-26(24)34/h8-11,13-14,18-19,21H,7,12,15-17H2,1-6H3,(H,36,40)/t18-,19+,21?. The third-order valence-electron chi connectivity index (χ3n) is 7.13. The number of carbonyl (C=O) groups is 2. The number of halogens is 3. The first kappa shape index (κ1) is 32.2. The molecule has 0 saturated carbocycles. The molecule has 10 heteroatoms. The number of nitrogens with zero attached hydrogens (tertiary/aromatic N) is 2. The van der Waals surface area contributed by atoms with Gasteiger partial charge in [-0.05, 0) is 89.9 Å². The van der Waals surface area contributed by atoms with E-state index in [9.17, 15) is 14.0 Å². The molecule has 42 heavy (non-hydrogen) atoms. The van der Waals surface area contributed by atoms with Gasteiger partial charge in [-0.2, -0.15) is 0 Å². The van der Waals surface area contributed by atoms with Gasteiger partial charge in [0.05, 0.1) is 23.3 Å². The van der Waals surface area contributed by atoms with E-state index in [0.717, 1.165) is 15.9 Å². The van der Waals surface area contributed by atoms with E-state index < -0.39 is 17.3 Å². The number of fused-ring (bicyclic) bond motifs is 1. The van der Waals surface area contributed by atoms with Crippen molar-refractivity contribution in [3.63, 3.8) is 0 Å². The largest absolute Gasteiger partial charge is 0.460 e. The number of hydrogen-bond acceptors (Lipinski definition) is 6. The zero-order valence-corrected chi connectivity index (χ0v) is 27.2. The number of ether oxygens (including phenoxy) is 2. The van der Waals surface area contributed by atoms with Gasteiger partial charge in [0.1, 0.15) is 17.2 Å². The number of anilines is 1. The lowest BCUT2D eigenvalue weighted by molar-refractivity contribution is -0.155. The van der Waals surface area contributed by atoms with Crippen LogP contribution in [0.3, 0.4) is 0 Å². The second-order valence-corrected chi connectivity index (χ2v) is 13.3. The fourth-order valence-electron chi connectivity index (χ4n) is 5.45. The molecule has 0 aliphatic carbocycles. The number of carbonyl (C=O) groups excluding carboxylic acids is 2. The highest BCUT2D eigenvalue weighted by Crippen LogP contribution is 2.33. The molecule has 3 aromatic rings. The number of aromatic nitrogens is 1. The van der Waals surface area contributed by atoms with E-state index in [1.807, 2.05) is 39.0 Å². The molecule has 3 atom stereocenters. The smallest absolute Gasteiger partial charge is 0.306 e. The predicted molar refractivity (Wildman–Crippen MR) is 168 cm³/mol. The average Bonchev–Trinajstić information content (AvgIpc) is 2.88. The molecule has 1 aliphatic heterocycles. The SMILES string of the molecule is Cc1c(N2C[C@@H](C)O[C@@H](C)C2)nc2ccc(Br)cc2c1C(=O)NCC(CCC(=O)OC(C)(C)C)c1cc(F)ccc1Cl. The van der Waals surface area contributed by atoms with Crippen LogP contribution in [0.1, 0.15) is 74.9 Å². The summed E-state index contributed by atoms with van der Waals surface area (Å²) < 4.78 is 26.5. The zero-order chi connectivity index (χ0) is 30.8. The number of hydrogen-bond donors (Lipinski definition) is 1. The van der Waals surface area contributed by atoms with E-state index in [2.05, 4.69) is 26.1 Å². The van der Waals surface area contributed by atoms with Crippen molar-refractivity contribution in [3.05, 3.63) is 68.4 Å². The number of nitrogens with one attached hydrogen (secondary N) is 1. The number of esters is 1. The molecule has 7 nitrogen and oxygen atoms in total. The van der Waals surface area contributed by atoms with E-state index in [1.165, 1.54) is 18.2 Å². The second kappa shape index (κ2) is 13.3. The lowest BCUT2D eigenvalue weighted by Gasteiger charge is -2.37. The van der Waals surface area contributed by atoms with Gasteiger partial charge in [0, 0.05) is 52.4 Å². The van der Waals surface area contributed by atoms with Crippen LogP contribution in [0.25, 0.3) is 10.9 Å². The van der Waals surface area contributed by atoms with E-state index in [0.29, 0.717) is 46.6 Å². The lowest BCUT2D eigenvalue weighted by Crippen LogP contribution is -2.46. The summed E-state index contributed by atoms with van der Waals surface area (Å²) in [6, 6.07) is 9.82.